The Morgan fingerprint density at radius 2 is 1.96 bits per heavy atom. The van der Waals surface area contributed by atoms with Gasteiger partial charge in [-0.2, -0.15) is 0 Å². The first kappa shape index (κ1) is 15.2. The lowest BCUT2D eigenvalue weighted by molar-refractivity contribution is -0.902. The Morgan fingerprint density at radius 1 is 1.17 bits per heavy atom. The summed E-state index contributed by atoms with van der Waals surface area (Å²) < 4.78 is 5.70. The molecule has 0 radical (unpaired) electrons. The number of hydrogen-bond donors (Lipinski definition) is 1. The molecule has 124 valence electrons. The first-order chi connectivity index (χ1) is 11.8. The Kier molecular flexibility index (Phi) is 3.98. The smallest absolute Gasteiger partial charge is 0.227 e. The van der Waals surface area contributed by atoms with E-state index in [0.29, 0.717) is 6.42 Å². The lowest BCUT2D eigenvalue weighted by atomic mass is 10.0. The quantitative estimate of drug-likeness (QED) is 0.799. The van der Waals surface area contributed by atoms with E-state index in [1.807, 2.05) is 23.1 Å². The molecule has 1 fully saturated rings. The van der Waals surface area contributed by atoms with Gasteiger partial charge in [0.05, 0.1) is 45.4 Å². The average Bonchev–Trinajstić information content (AvgIpc) is 3.05. The summed E-state index contributed by atoms with van der Waals surface area (Å²) in [4.78, 5) is 16.3. The predicted octanol–water partition coefficient (Wildman–Crippen LogP) is 1.88. The molecule has 4 rings (SSSR count). The summed E-state index contributed by atoms with van der Waals surface area (Å²) in [6.45, 7) is 7.17. The molecule has 1 aromatic heterocycles. The Balaban J connectivity index is 1.61. The SMILES string of the molecule is CC[NH+]1CCN(C(=O)Cc2coc3ccc4ccccc4c23)CC1. The van der Waals surface area contributed by atoms with Crippen LogP contribution >= 0.6 is 0 Å². The van der Waals surface area contributed by atoms with Gasteiger partial charge in [0.15, 0.2) is 0 Å². The Morgan fingerprint density at radius 3 is 2.75 bits per heavy atom. The molecule has 1 aliphatic heterocycles. The van der Waals surface area contributed by atoms with Crippen molar-refractivity contribution in [2.45, 2.75) is 13.3 Å². The van der Waals surface area contributed by atoms with Crippen LogP contribution in [-0.2, 0) is 11.2 Å². The van der Waals surface area contributed by atoms with Gasteiger partial charge in [-0.05, 0) is 23.8 Å². The minimum absolute atomic E-state index is 0.209. The van der Waals surface area contributed by atoms with Crippen molar-refractivity contribution < 1.29 is 14.1 Å². The molecule has 1 saturated heterocycles. The third kappa shape index (κ3) is 2.67. The van der Waals surface area contributed by atoms with Crippen molar-refractivity contribution in [1.82, 2.24) is 4.90 Å². The van der Waals surface area contributed by atoms with Crippen molar-refractivity contribution in [3.63, 3.8) is 0 Å². The normalized spacial score (nSPS) is 16.1. The second-order valence-corrected chi connectivity index (χ2v) is 6.58. The van der Waals surface area contributed by atoms with E-state index >= 15 is 0 Å². The minimum Gasteiger partial charge on any atom is -0.464 e. The third-order valence-electron chi connectivity index (χ3n) is 5.20. The molecule has 1 amide bonds. The summed E-state index contributed by atoms with van der Waals surface area (Å²) >= 11 is 0. The van der Waals surface area contributed by atoms with E-state index in [-0.39, 0.29) is 5.91 Å². The maximum absolute atomic E-state index is 12.7. The maximum Gasteiger partial charge on any atom is 0.227 e. The topological polar surface area (TPSA) is 37.9 Å². The van der Waals surface area contributed by atoms with Crippen LogP contribution in [0.1, 0.15) is 12.5 Å². The average molecular weight is 323 g/mol. The van der Waals surface area contributed by atoms with E-state index in [1.165, 1.54) is 5.39 Å². The fourth-order valence-corrected chi connectivity index (χ4v) is 3.71. The van der Waals surface area contributed by atoms with Gasteiger partial charge in [0, 0.05) is 10.9 Å². The lowest BCUT2D eigenvalue weighted by Crippen LogP contribution is -3.14. The first-order valence-electron chi connectivity index (χ1n) is 8.75. The maximum atomic E-state index is 12.7. The second-order valence-electron chi connectivity index (χ2n) is 6.58. The molecule has 0 saturated carbocycles. The summed E-state index contributed by atoms with van der Waals surface area (Å²) in [7, 11) is 0. The summed E-state index contributed by atoms with van der Waals surface area (Å²) in [5, 5.41) is 3.42. The Hall–Kier alpha value is -2.33. The molecule has 0 aliphatic carbocycles. The van der Waals surface area contributed by atoms with Crippen molar-refractivity contribution in [2.24, 2.45) is 0 Å². The molecule has 4 nitrogen and oxygen atoms in total. The van der Waals surface area contributed by atoms with Gasteiger partial charge in [-0.1, -0.05) is 30.3 Å². The van der Waals surface area contributed by atoms with E-state index < -0.39 is 0 Å². The third-order valence-corrected chi connectivity index (χ3v) is 5.20. The number of hydrogen-bond acceptors (Lipinski definition) is 2. The summed E-state index contributed by atoms with van der Waals surface area (Å²) in [6.07, 6.45) is 2.17. The standard InChI is InChI=1S/C20H22N2O2/c1-2-21-9-11-22(12-10-21)19(23)13-16-14-24-18-8-7-15-5-3-4-6-17(15)20(16)18/h3-8,14H,2,9-13H2,1H3/p+1. The number of piperazine rings is 1. The zero-order valence-electron chi connectivity index (χ0n) is 14.0. The highest BCUT2D eigenvalue weighted by molar-refractivity contribution is 6.08. The Bertz CT molecular complexity index is 876. The predicted molar refractivity (Wildman–Crippen MR) is 95.2 cm³/mol. The fourth-order valence-electron chi connectivity index (χ4n) is 3.71. The van der Waals surface area contributed by atoms with Gasteiger partial charge in [0.2, 0.25) is 5.91 Å². The second kappa shape index (κ2) is 6.29. The molecule has 1 aliphatic rings. The molecule has 4 heteroatoms. The first-order valence-corrected chi connectivity index (χ1v) is 8.75. The molecule has 2 heterocycles. The van der Waals surface area contributed by atoms with Crippen molar-refractivity contribution in [3.05, 3.63) is 48.2 Å². The van der Waals surface area contributed by atoms with Gasteiger partial charge in [0.25, 0.3) is 0 Å². The number of nitrogens with one attached hydrogen (secondary N) is 1. The van der Waals surface area contributed by atoms with E-state index in [4.69, 9.17) is 4.42 Å². The highest BCUT2D eigenvalue weighted by Gasteiger charge is 2.23. The number of quaternary nitrogens is 1. The van der Waals surface area contributed by atoms with Gasteiger partial charge >= 0.3 is 0 Å². The van der Waals surface area contributed by atoms with Crippen LogP contribution in [0.15, 0.2) is 47.1 Å². The van der Waals surface area contributed by atoms with Crippen LogP contribution in [0.2, 0.25) is 0 Å². The van der Waals surface area contributed by atoms with Crippen LogP contribution < -0.4 is 4.90 Å². The van der Waals surface area contributed by atoms with Crippen LogP contribution in [-0.4, -0.2) is 43.5 Å². The Labute approximate surface area is 141 Å². The van der Waals surface area contributed by atoms with Crippen molar-refractivity contribution in [3.8, 4) is 0 Å². The fraction of sp³-hybridized carbons (Fsp3) is 0.350. The molecule has 0 spiro atoms. The zero-order valence-corrected chi connectivity index (χ0v) is 14.0. The van der Waals surface area contributed by atoms with E-state index in [1.54, 1.807) is 11.2 Å². The molecular formula is C20H23N2O2+. The molecule has 1 N–H and O–H groups in total. The molecule has 3 aromatic rings. The summed E-state index contributed by atoms with van der Waals surface area (Å²) in [5.41, 5.74) is 1.86. The number of rotatable bonds is 3. The zero-order chi connectivity index (χ0) is 16.5. The largest absolute Gasteiger partial charge is 0.464 e. The van der Waals surface area contributed by atoms with Gasteiger partial charge < -0.3 is 14.2 Å². The molecule has 24 heavy (non-hydrogen) atoms. The van der Waals surface area contributed by atoms with Gasteiger partial charge in [-0.25, -0.2) is 0 Å². The summed E-state index contributed by atoms with van der Waals surface area (Å²) in [6, 6.07) is 12.3. The van der Waals surface area contributed by atoms with Crippen LogP contribution in [0.5, 0.6) is 0 Å². The van der Waals surface area contributed by atoms with E-state index in [2.05, 4.69) is 25.1 Å². The molecule has 2 aromatic carbocycles. The highest BCUT2D eigenvalue weighted by atomic mass is 16.3. The monoisotopic (exact) mass is 323 g/mol. The van der Waals surface area contributed by atoms with E-state index in [9.17, 15) is 4.79 Å². The molecular weight excluding hydrogens is 300 g/mol. The van der Waals surface area contributed by atoms with Crippen LogP contribution in [0.25, 0.3) is 21.7 Å². The number of amides is 1. The lowest BCUT2D eigenvalue weighted by Gasteiger charge is -2.31. The van der Waals surface area contributed by atoms with Crippen molar-refractivity contribution in [1.29, 1.82) is 0 Å². The number of likely N-dealkylation sites (N-methyl/N-ethyl adjacent to an activating group) is 1. The van der Waals surface area contributed by atoms with Crippen LogP contribution in [0.3, 0.4) is 0 Å². The number of carbonyl (C=O) groups excluding carboxylic acids is 1. The molecule has 0 atom stereocenters. The van der Waals surface area contributed by atoms with Gasteiger partial charge in [-0.15, -0.1) is 0 Å². The van der Waals surface area contributed by atoms with Crippen molar-refractivity contribution in [2.75, 3.05) is 32.7 Å². The van der Waals surface area contributed by atoms with Gasteiger partial charge in [-0.3, -0.25) is 4.79 Å². The molecule has 0 bridgehead atoms. The number of fused-ring (bicyclic) bond motifs is 3. The highest BCUT2D eigenvalue weighted by Crippen LogP contribution is 2.30. The number of carbonyl (C=O) groups is 1. The summed E-state index contributed by atoms with van der Waals surface area (Å²) in [5.74, 6) is 0.209. The minimum atomic E-state index is 0.209. The van der Waals surface area contributed by atoms with Gasteiger partial charge in [0.1, 0.15) is 5.58 Å². The van der Waals surface area contributed by atoms with Crippen molar-refractivity contribution >= 4 is 27.6 Å². The number of furan rings is 1. The van der Waals surface area contributed by atoms with Crippen LogP contribution in [0.4, 0.5) is 0 Å². The number of benzene rings is 2. The molecule has 0 unspecified atom stereocenters. The number of nitrogens with zero attached hydrogens (tertiary/aromatic N) is 1. The van der Waals surface area contributed by atoms with E-state index in [0.717, 1.165) is 54.6 Å². The van der Waals surface area contributed by atoms with Crippen LogP contribution in [0, 0.1) is 0 Å².